The quantitative estimate of drug-likeness (QED) is 0.303. The van der Waals surface area contributed by atoms with Crippen LogP contribution in [0.4, 0.5) is 0 Å². The lowest BCUT2D eigenvalue weighted by atomic mass is 10.4. The molecule has 0 saturated heterocycles. The van der Waals surface area contributed by atoms with Crippen LogP contribution in [-0.4, -0.2) is 48.4 Å². The molecule has 116 valence electrons. The van der Waals surface area contributed by atoms with Gasteiger partial charge in [0, 0.05) is 45.2 Å². The third kappa shape index (κ3) is 8.36. The molecule has 1 aromatic rings. The second-order valence-corrected chi connectivity index (χ2v) is 4.42. The second kappa shape index (κ2) is 12.0. The summed E-state index contributed by atoms with van der Waals surface area (Å²) < 4.78 is 7.16. The molecule has 6 nitrogen and oxygen atoms in total. The molecule has 2 N–H and O–H groups in total. The molecule has 0 aliphatic carbocycles. The van der Waals surface area contributed by atoms with Crippen LogP contribution in [0.25, 0.3) is 0 Å². The second-order valence-electron chi connectivity index (χ2n) is 4.42. The van der Waals surface area contributed by atoms with E-state index in [0.717, 1.165) is 32.0 Å². The van der Waals surface area contributed by atoms with Gasteiger partial charge in [0.1, 0.15) is 0 Å². The molecule has 0 aliphatic rings. The van der Waals surface area contributed by atoms with Crippen molar-refractivity contribution in [2.24, 2.45) is 4.99 Å². The van der Waals surface area contributed by atoms with E-state index in [1.807, 2.05) is 12.5 Å². The number of nitrogens with one attached hydrogen (secondary N) is 2. The molecule has 1 rings (SSSR count). The minimum Gasteiger partial charge on any atom is -0.383 e. The molecule has 1 aromatic heterocycles. The van der Waals surface area contributed by atoms with Gasteiger partial charge in [-0.3, -0.25) is 4.99 Å². The van der Waals surface area contributed by atoms with Crippen LogP contribution in [0.2, 0.25) is 0 Å². The van der Waals surface area contributed by atoms with Crippen molar-refractivity contribution in [3.63, 3.8) is 0 Å². The summed E-state index contributed by atoms with van der Waals surface area (Å²) in [7, 11) is 1.70. The summed E-state index contributed by atoms with van der Waals surface area (Å²) in [5, 5.41) is 6.54. The minimum atomic E-state index is 0. The van der Waals surface area contributed by atoms with Gasteiger partial charge in [-0.15, -0.1) is 24.0 Å². The zero-order chi connectivity index (χ0) is 13.9. The van der Waals surface area contributed by atoms with Crippen molar-refractivity contribution in [3.05, 3.63) is 18.7 Å². The molecule has 0 spiro atoms. The molecule has 0 fully saturated rings. The van der Waals surface area contributed by atoms with Gasteiger partial charge in [0.05, 0.1) is 12.9 Å². The normalized spacial score (nSPS) is 12.7. The third-order valence-electron chi connectivity index (χ3n) is 2.55. The van der Waals surface area contributed by atoms with Crippen LogP contribution in [0.3, 0.4) is 0 Å². The van der Waals surface area contributed by atoms with E-state index in [4.69, 9.17) is 4.74 Å². The SMILES string of the molecule is CCNC(=NCCCn1ccnc1)NC(C)COC.I. The Morgan fingerprint density at radius 1 is 1.50 bits per heavy atom. The molecule has 1 unspecified atom stereocenters. The van der Waals surface area contributed by atoms with Gasteiger partial charge < -0.3 is 19.9 Å². The van der Waals surface area contributed by atoms with Crippen LogP contribution in [-0.2, 0) is 11.3 Å². The number of hydrogen-bond acceptors (Lipinski definition) is 3. The topological polar surface area (TPSA) is 63.5 Å². The number of methoxy groups -OCH3 is 1. The first-order valence-corrected chi connectivity index (χ1v) is 6.75. The number of imidazole rings is 1. The smallest absolute Gasteiger partial charge is 0.191 e. The Hall–Kier alpha value is -0.830. The van der Waals surface area contributed by atoms with E-state index in [2.05, 4.69) is 39.0 Å². The van der Waals surface area contributed by atoms with E-state index in [9.17, 15) is 0 Å². The lowest BCUT2D eigenvalue weighted by Gasteiger charge is -2.16. The van der Waals surface area contributed by atoms with Crippen molar-refractivity contribution in [1.29, 1.82) is 0 Å². The third-order valence-corrected chi connectivity index (χ3v) is 2.55. The number of aryl methyl sites for hydroxylation is 1. The van der Waals surface area contributed by atoms with E-state index in [1.54, 1.807) is 13.3 Å². The van der Waals surface area contributed by atoms with Crippen LogP contribution in [0, 0.1) is 0 Å². The number of hydrogen-bond donors (Lipinski definition) is 2. The number of rotatable bonds is 8. The lowest BCUT2D eigenvalue weighted by molar-refractivity contribution is 0.179. The van der Waals surface area contributed by atoms with Crippen LogP contribution >= 0.6 is 24.0 Å². The molecule has 0 aromatic carbocycles. The Morgan fingerprint density at radius 2 is 2.30 bits per heavy atom. The summed E-state index contributed by atoms with van der Waals surface area (Å²) in [6.07, 6.45) is 6.58. The molecular weight excluding hydrogens is 369 g/mol. The number of aromatic nitrogens is 2. The highest BCUT2D eigenvalue weighted by Crippen LogP contribution is 1.91. The molecular formula is C13H26IN5O. The highest BCUT2D eigenvalue weighted by molar-refractivity contribution is 14.0. The Labute approximate surface area is 138 Å². The van der Waals surface area contributed by atoms with Crippen molar-refractivity contribution >= 4 is 29.9 Å². The number of halogens is 1. The van der Waals surface area contributed by atoms with E-state index in [-0.39, 0.29) is 30.0 Å². The maximum Gasteiger partial charge on any atom is 0.191 e. The van der Waals surface area contributed by atoms with Gasteiger partial charge in [-0.05, 0) is 20.3 Å². The summed E-state index contributed by atoms with van der Waals surface area (Å²) in [5.74, 6) is 0.845. The fourth-order valence-electron chi connectivity index (χ4n) is 1.71. The molecule has 0 bridgehead atoms. The monoisotopic (exact) mass is 395 g/mol. The van der Waals surface area contributed by atoms with Crippen LogP contribution in [0.5, 0.6) is 0 Å². The van der Waals surface area contributed by atoms with Gasteiger partial charge in [-0.1, -0.05) is 0 Å². The summed E-state index contributed by atoms with van der Waals surface area (Å²) in [4.78, 5) is 8.55. The molecule has 1 heterocycles. The predicted octanol–water partition coefficient (Wildman–Crippen LogP) is 1.48. The van der Waals surface area contributed by atoms with Crippen molar-refractivity contribution in [3.8, 4) is 0 Å². The van der Waals surface area contributed by atoms with E-state index in [0.29, 0.717) is 6.61 Å². The van der Waals surface area contributed by atoms with E-state index >= 15 is 0 Å². The Morgan fingerprint density at radius 3 is 2.90 bits per heavy atom. The van der Waals surface area contributed by atoms with Crippen LogP contribution in [0.15, 0.2) is 23.7 Å². The molecule has 0 aliphatic heterocycles. The van der Waals surface area contributed by atoms with Gasteiger partial charge >= 0.3 is 0 Å². The molecule has 7 heteroatoms. The van der Waals surface area contributed by atoms with Gasteiger partial charge in [-0.2, -0.15) is 0 Å². The molecule has 0 radical (unpaired) electrons. The van der Waals surface area contributed by atoms with Gasteiger partial charge in [0.2, 0.25) is 0 Å². The molecule has 20 heavy (non-hydrogen) atoms. The number of nitrogens with zero attached hydrogens (tertiary/aromatic N) is 3. The molecule has 0 amide bonds. The predicted molar refractivity (Wildman–Crippen MR) is 92.7 cm³/mol. The van der Waals surface area contributed by atoms with Crippen molar-refractivity contribution in [2.45, 2.75) is 32.9 Å². The first-order valence-electron chi connectivity index (χ1n) is 6.75. The van der Waals surface area contributed by atoms with Crippen LogP contribution < -0.4 is 10.6 Å². The van der Waals surface area contributed by atoms with Gasteiger partial charge in [0.25, 0.3) is 0 Å². The van der Waals surface area contributed by atoms with E-state index < -0.39 is 0 Å². The highest BCUT2D eigenvalue weighted by atomic mass is 127. The van der Waals surface area contributed by atoms with Crippen LogP contribution in [0.1, 0.15) is 20.3 Å². The maximum atomic E-state index is 5.10. The first-order chi connectivity index (χ1) is 9.26. The average Bonchev–Trinajstić information content (AvgIpc) is 2.88. The first kappa shape index (κ1) is 19.2. The lowest BCUT2D eigenvalue weighted by Crippen LogP contribution is -2.44. The van der Waals surface area contributed by atoms with Crippen molar-refractivity contribution < 1.29 is 4.74 Å². The number of aliphatic imine (C=N–C) groups is 1. The maximum absolute atomic E-state index is 5.10. The molecule has 0 saturated carbocycles. The number of ether oxygens (including phenoxy) is 1. The van der Waals surface area contributed by atoms with E-state index in [1.165, 1.54) is 0 Å². The standard InChI is InChI=1S/C13H25N5O.HI/c1-4-15-13(17-12(2)10-19-3)16-6-5-8-18-9-7-14-11-18;/h7,9,11-12H,4-6,8,10H2,1-3H3,(H2,15,16,17);1H. The van der Waals surface area contributed by atoms with Crippen molar-refractivity contribution in [1.82, 2.24) is 20.2 Å². The zero-order valence-corrected chi connectivity index (χ0v) is 14.8. The highest BCUT2D eigenvalue weighted by Gasteiger charge is 2.03. The van der Waals surface area contributed by atoms with Gasteiger partial charge in [0.15, 0.2) is 5.96 Å². The summed E-state index contributed by atoms with van der Waals surface area (Å²) >= 11 is 0. The number of guanidine groups is 1. The van der Waals surface area contributed by atoms with Gasteiger partial charge in [-0.25, -0.2) is 4.98 Å². The van der Waals surface area contributed by atoms with Crippen molar-refractivity contribution in [2.75, 3.05) is 26.8 Å². The minimum absolute atomic E-state index is 0. The summed E-state index contributed by atoms with van der Waals surface area (Å²) in [6.45, 7) is 7.38. The Bertz CT molecular complexity index is 356. The fraction of sp³-hybridized carbons (Fsp3) is 0.692. The summed E-state index contributed by atoms with van der Waals surface area (Å²) in [6, 6.07) is 0.247. The zero-order valence-electron chi connectivity index (χ0n) is 12.5. The Balaban J connectivity index is 0.00000361. The summed E-state index contributed by atoms with van der Waals surface area (Å²) in [5.41, 5.74) is 0. The Kier molecular flexibility index (Phi) is 11.5. The molecule has 1 atom stereocenters. The fourth-order valence-corrected chi connectivity index (χ4v) is 1.71. The average molecular weight is 395 g/mol. The largest absolute Gasteiger partial charge is 0.383 e.